The Morgan fingerprint density at radius 3 is 0.793 bits per heavy atom. The third kappa shape index (κ3) is 19.4. The number of fused-ring (bicyclic) bond motifs is 3. The van der Waals surface area contributed by atoms with E-state index in [0.717, 1.165) is 169 Å². The van der Waals surface area contributed by atoms with E-state index in [4.69, 9.17) is 14.2 Å². The van der Waals surface area contributed by atoms with Crippen LogP contribution in [-0.4, -0.2) is 128 Å². The number of aryl methyl sites for hydroxylation is 9. The summed E-state index contributed by atoms with van der Waals surface area (Å²) in [5.74, 6) is -1.96. The molecule has 6 heterocycles. The van der Waals surface area contributed by atoms with Crippen molar-refractivity contribution >= 4 is 47.8 Å². The summed E-state index contributed by atoms with van der Waals surface area (Å²) in [6, 6.07) is 30.4. The van der Waals surface area contributed by atoms with Crippen molar-refractivity contribution in [2.45, 2.75) is 180 Å². The number of hydrogen-bond acceptors (Lipinski definition) is 13. The van der Waals surface area contributed by atoms with Gasteiger partial charge in [-0.1, -0.05) is 72.8 Å². The van der Waals surface area contributed by atoms with Gasteiger partial charge in [-0.2, -0.15) is 3.89 Å². The van der Waals surface area contributed by atoms with Crippen LogP contribution in [0.5, 0.6) is 17.6 Å². The zero-order chi connectivity index (χ0) is 81.1. The number of benzene rings is 6. The molecule has 3 N–H and O–H groups in total. The van der Waals surface area contributed by atoms with Crippen molar-refractivity contribution in [3.63, 3.8) is 0 Å². The van der Waals surface area contributed by atoms with Crippen LogP contribution < -0.4 is 14.2 Å². The number of halogens is 1. The lowest BCUT2D eigenvalue weighted by atomic mass is 9.84. The molecule has 0 saturated heterocycles. The van der Waals surface area contributed by atoms with E-state index in [9.17, 15) is 48.0 Å². The number of aromatic nitrogens is 3. The van der Waals surface area contributed by atoms with E-state index in [1.165, 1.54) is 22.9 Å². The first-order valence-electron chi connectivity index (χ1n) is 37.5. The second-order valence-corrected chi connectivity index (χ2v) is 30.1. The van der Waals surface area contributed by atoms with Gasteiger partial charge in [0.2, 0.25) is 17.6 Å². The molecule has 20 heteroatoms. The highest BCUT2D eigenvalue weighted by molar-refractivity contribution is 7.93. The number of carbonyl (C=O) groups excluding carboxylic acids is 3. The predicted octanol–water partition coefficient (Wildman–Crippen LogP) is 17.5. The van der Waals surface area contributed by atoms with Crippen molar-refractivity contribution in [1.82, 2.24) is 29.7 Å². The van der Waals surface area contributed by atoms with Crippen LogP contribution in [0.25, 0.3) is 0 Å². The Labute approximate surface area is 657 Å². The fourth-order valence-corrected chi connectivity index (χ4v) is 15.8. The largest absolute Gasteiger partial charge is 0.481 e. The van der Waals surface area contributed by atoms with Gasteiger partial charge in [0.1, 0.15) is 0 Å². The van der Waals surface area contributed by atoms with E-state index >= 15 is 0 Å². The quantitative estimate of drug-likeness (QED) is 0.0724. The first kappa shape index (κ1) is 84.3. The lowest BCUT2D eigenvalue weighted by Gasteiger charge is -2.31. The van der Waals surface area contributed by atoms with Gasteiger partial charge in [-0.25, -0.2) is 15.0 Å². The molecule has 0 radical (unpaired) electrons. The van der Waals surface area contributed by atoms with Crippen LogP contribution in [0.15, 0.2) is 110 Å². The molecule has 111 heavy (non-hydrogen) atoms. The molecule has 0 aliphatic carbocycles. The number of carbonyl (C=O) groups is 6. The maximum atomic E-state index is 13.7. The number of nitrogens with zero attached hydrogens (tertiary/aromatic N) is 6. The van der Waals surface area contributed by atoms with E-state index in [-0.39, 0.29) is 66.9 Å². The number of carboxylic acids is 3. The smallest absolute Gasteiger partial charge is 0.304 e. The standard InChI is InChI=1S/3C30H34N2O4.CH3FS/c3*1-17-11-18(2)21(5)29(20(17)4)30(35)32-10-9-22-7-8-23(13-24(22)16-32)25(14-28(33)34)26-15-31-27(36-6)12-19(26)3;1-3-2/h3*7-8,11-13,15,25H,9-10,14,16H2,1-6H3,(H,33,34);1H3/t2*25-;;/m10../s1. The minimum Gasteiger partial charge on any atom is -0.481 e. The number of aliphatic carboxylic acids is 3. The summed E-state index contributed by atoms with van der Waals surface area (Å²) < 4.78 is 25.9. The summed E-state index contributed by atoms with van der Waals surface area (Å²) in [7, 11) is 4.69. The Morgan fingerprint density at radius 2 is 0.595 bits per heavy atom. The van der Waals surface area contributed by atoms with Gasteiger partial charge in [-0.05, 0) is 273 Å². The molecule has 3 aliphatic rings. The van der Waals surface area contributed by atoms with Gasteiger partial charge in [0.15, 0.2) is 0 Å². The fourth-order valence-electron chi connectivity index (χ4n) is 15.8. The number of pyridine rings is 3. The first-order valence-corrected chi connectivity index (χ1v) is 38.6. The molecule has 0 bridgehead atoms. The monoisotopic (exact) mass is 1520 g/mol. The van der Waals surface area contributed by atoms with Gasteiger partial charge in [-0.15, -0.1) is 0 Å². The maximum absolute atomic E-state index is 13.7. The fraction of sp³-hybridized carbons (Fsp3) is 0.374. The molecule has 584 valence electrons. The van der Waals surface area contributed by atoms with Crippen molar-refractivity contribution < 1.29 is 62.2 Å². The average molecular weight is 1530 g/mol. The minimum absolute atomic E-state index is 0.0444. The molecule has 0 spiro atoms. The molecule has 9 aromatic rings. The summed E-state index contributed by atoms with van der Waals surface area (Å²) in [6.07, 6.45) is 8.70. The summed E-state index contributed by atoms with van der Waals surface area (Å²) in [4.78, 5) is 95.2. The summed E-state index contributed by atoms with van der Waals surface area (Å²) in [6.45, 7) is 33.8. The van der Waals surface area contributed by atoms with E-state index in [2.05, 4.69) is 111 Å². The van der Waals surface area contributed by atoms with Crippen LogP contribution in [0.4, 0.5) is 3.89 Å². The molecule has 18 nitrogen and oxygen atoms in total. The Morgan fingerprint density at radius 1 is 0.369 bits per heavy atom. The second kappa shape index (κ2) is 36.9. The molecule has 0 saturated carbocycles. The molecular formula is C91H105FN6O12S. The van der Waals surface area contributed by atoms with Crippen LogP contribution >= 0.6 is 12.1 Å². The molecule has 3 amide bonds. The van der Waals surface area contributed by atoms with Crippen LogP contribution in [-0.2, 0) is 53.3 Å². The highest BCUT2D eigenvalue weighted by atomic mass is 32.2. The Bertz CT molecular complexity index is 4480. The number of rotatable bonds is 18. The highest BCUT2D eigenvalue weighted by Crippen LogP contribution is 2.39. The SMILES string of the molecule is COc1cc(C)c(C(CC(=O)O)c2ccc3c(c2)CN(C(=O)c2c(C)c(C)cc(C)c2C)CC3)cn1.COc1cc(C)c([C@@H](CC(=O)O)c2ccc3c(c2)CN(C(=O)c2c(C)c(C)cc(C)c2C)CC3)cn1.COc1cc(C)c([C@H](CC(=O)O)c2ccc3c(c2)CN(C(=O)c2c(C)c(C)cc(C)c2C)CC3)cn1.CSF. The van der Waals surface area contributed by atoms with Crippen LogP contribution in [0.3, 0.4) is 0 Å². The molecule has 0 fully saturated rings. The van der Waals surface area contributed by atoms with Crippen LogP contribution in [0.2, 0.25) is 0 Å². The van der Waals surface area contributed by atoms with Gasteiger partial charge in [0, 0.05) is 129 Å². The van der Waals surface area contributed by atoms with Crippen LogP contribution in [0.1, 0.15) is 218 Å². The lowest BCUT2D eigenvalue weighted by Crippen LogP contribution is -2.37. The van der Waals surface area contributed by atoms with Crippen molar-refractivity contribution in [2.75, 3.05) is 47.2 Å². The number of ether oxygens (including phenoxy) is 3. The van der Waals surface area contributed by atoms with E-state index in [0.29, 0.717) is 56.9 Å². The van der Waals surface area contributed by atoms with E-state index in [1.807, 2.05) is 113 Å². The van der Waals surface area contributed by atoms with Gasteiger partial charge in [-0.3, -0.25) is 28.8 Å². The molecule has 12 rings (SSSR count). The summed E-state index contributed by atoms with van der Waals surface area (Å²) in [5.41, 5.74) is 30.3. The van der Waals surface area contributed by atoms with Gasteiger partial charge < -0.3 is 44.2 Å². The minimum atomic E-state index is -0.870. The highest BCUT2D eigenvalue weighted by Gasteiger charge is 2.33. The summed E-state index contributed by atoms with van der Waals surface area (Å²) in [5, 5.41) is 29.0. The molecule has 1 unspecified atom stereocenters. The molecule has 3 aromatic heterocycles. The van der Waals surface area contributed by atoms with Crippen LogP contribution in [0, 0.1) is 104 Å². The second-order valence-electron chi connectivity index (χ2n) is 29.8. The lowest BCUT2D eigenvalue weighted by molar-refractivity contribution is -0.138. The normalized spacial score (nSPS) is 13.6. The zero-order valence-electron chi connectivity index (χ0n) is 67.6. The Hall–Kier alpha value is -10.7. The maximum Gasteiger partial charge on any atom is 0.304 e. The first-order chi connectivity index (χ1) is 52.7. The van der Waals surface area contributed by atoms with Crippen molar-refractivity contribution in [3.8, 4) is 17.6 Å². The van der Waals surface area contributed by atoms with Gasteiger partial charge >= 0.3 is 17.9 Å². The Kier molecular flexibility index (Phi) is 28.0. The van der Waals surface area contributed by atoms with E-state index < -0.39 is 17.9 Å². The number of hydrogen-bond donors (Lipinski definition) is 3. The molecule has 3 atom stereocenters. The predicted molar refractivity (Wildman–Crippen MR) is 434 cm³/mol. The third-order valence-electron chi connectivity index (χ3n) is 22.8. The van der Waals surface area contributed by atoms with Gasteiger partial charge in [0.25, 0.3) is 17.7 Å². The molecule has 3 aliphatic heterocycles. The number of carboxylic acid groups (broad SMARTS) is 3. The summed E-state index contributed by atoms with van der Waals surface area (Å²) >= 11 is 0.250. The number of amides is 3. The van der Waals surface area contributed by atoms with Crippen molar-refractivity contribution in [2.24, 2.45) is 0 Å². The molecule has 6 aromatic carbocycles. The third-order valence-corrected chi connectivity index (χ3v) is 22.8. The zero-order valence-corrected chi connectivity index (χ0v) is 68.4. The van der Waals surface area contributed by atoms with E-state index in [1.54, 1.807) is 39.9 Å². The topological polar surface area (TPSA) is 239 Å². The van der Waals surface area contributed by atoms with Gasteiger partial charge in [0.05, 0.1) is 40.6 Å². The Balaban J connectivity index is 0.000000188. The molecular weight excluding hydrogens is 1420 g/mol. The van der Waals surface area contributed by atoms with Crippen molar-refractivity contribution in [3.05, 3.63) is 276 Å². The number of methoxy groups -OCH3 is 3. The average Bonchev–Trinajstić information content (AvgIpc) is 0.786. The van der Waals surface area contributed by atoms with Crippen molar-refractivity contribution in [1.29, 1.82) is 0 Å².